The number of hydrogen-bond donors (Lipinski definition) is 1. The van der Waals surface area contributed by atoms with Gasteiger partial charge in [0.05, 0.1) is 4.90 Å². The van der Waals surface area contributed by atoms with Crippen LogP contribution in [0, 0.1) is 11.6 Å². The minimum Gasteiger partial charge on any atom is -0.341 e. The van der Waals surface area contributed by atoms with Gasteiger partial charge in [-0.1, -0.05) is 29.8 Å². The lowest BCUT2D eigenvalue weighted by Crippen LogP contribution is -2.32. The van der Waals surface area contributed by atoms with Gasteiger partial charge in [0.15, 0.2) is 11.6 Å². The summed E-state index contributed by atoms with van der Waals surface area (Å²) < 4.78 is 52.3. The van der Waals surface area contributed by atoms with Crippen LogP contribution in [0.25, 0.3) is 0 Å². The summed E-state index contributed by atoms with van der Waals surface area (Å²) in [5, 5.41) is 0.534. The molecule has 9 heteroatoms. The summed E-state index contributed by atoms with van der Waals surface area (Å²) in [6.45, 7) is 0.113. The fourth-order valence-corrected chi connectivity index (χ4v) is 3.42. The second-order valence-electron chi connectivity index (χ2n) is 5.56. The highest BCUT2D eigenvalue weighted by molar-refractivity contribution is 7.89. The molecule has 1 N–H and O–H groups in total. The first-order valence-electron chi connectivity index (χ1n) is 7.63. The minimum atomic E-state index is -4.04. The van der Waals surface area contributed by atoms with Gasteiger partial charge in [-0.05, 0) is 29.8 Å². The van der Waals surface area contributed by atoms with Gasteiger partial charge in [-0.15, -0.1) is 0 Å². The molecule has 0 unspecified atom stereocenters. The van der Waals surface area contributed by atoms with E-state index >= 15 is 0 Å². The van der Waals surface area contributed by atoms with E-state index in [0.717, 1.165) is 17.7 Å². The van der Waals surface area contributed by atoms with Gasteiger partial charge in [0.2, 0.25) is 15.9 Å². The third kappa shape index (κ3) is 5.23. The van der Waals surface area contributed by atoms with E-state index in [1.165, 1.54) is 4.90 Å². The molecule has 26 heavy (non-hydrogen) atoms. The van der Waals surface area contributed by atoms with E-state index in [4.69, 9.17) is 11.6 Å². The van der Waals surface area contributed by atoms with Gasteiger partial charge in [-0.25, -0.2) is 21.9 Å². The van der Waals surface area contributed by atoms with Crippen molar-refractivity contribution in [1.82, 2.24) is 9.62 Å². The van der Waals surface area contributed by atoms with Crippen LogP contribution < -0.4 is 4.72 Å². The average Bonchev–Trinajstić information content (AvgIpc) is 2.59. The van der Waals surface area contributed by atoms with E-state index < -0.39 is 26.6 Å². The number of sulfonamides is 1. The third-order valence-corrected chi connectivity index (χ3v) is 5.45. The molecular formula is C17H17ClF2N2O3S. The summed E-state index contributed by atoms with van der Waals surface area (Å²) in [4.78, 5) is 13.1. The highest BCUT2D eigenvalue weighted by Gasteiger charge is 2.17. The van der Waals surface area contributed by atoms with E-state index in [2.05, 4.69) is 4.72 Å². The predicted molar refractivity (Wildman–Crippen MR) is 94.1 cm³/mol. The van der Waals surface area contributed by atoms with Crippen molar-refractivity contribution in [1.29, 1.82) is 0 Å². The average molecular weight is 403 g/mol. The Morgan fingerprint density at radius 1 is 1.15 bits per heavy atom. The van der Waals surface area contributed by atoms with E-state index in [0.29, 0.717) is 11.1 Å². The van der Waals surface area contributed by atoms with Crippen molar-refractivity contribution < 1.29 is 22.0 Å². The first-order valence-corrected chi connectivity index (χ1v) is 9.49. The molecule has 140 valence electrons. The van der Waals surface area contributed by atoms with E-state index in [9.17, 15) is 22.0 Å². The van der Waals surface area contributed by atoms with Crippen LogP contribution in [0.15, 0.2) is 47.4 Å². The largest absolute Gasteiger partial charge is 0.341 e. The van der Waals surface area contributed by atoms with Crippen LogP contribution in [-0.4, -0.2) is 32.8 Å². The molecule has 2 aromatic carbocycles. The van der Waals surface area contributed by atoms with Crippen molar-refractivity contribution in [3.63, 3.8) is 0 Å². The van der Waals surface area contributed by atoms with Gasteiger partial charge < -0.3 is 4.90 Å². The molecule has 2 aromatic rings. The first-order chi connectivity index (χ1) is 12.2. The number of benzene rings is 2. The fraction of sp³-hybridized carbons (Fsp3) is 0.235. The Morgan fingerprint density at radius 2 is 1.85 bits per heavy atom. The molecule has 0 bridgehead atoms. The lowest BCUT2D eigenvalue weighted by Gasteiger charge is -2.18. The molecule has 0 saturated carbocycles. The van der Waals surface area contributed by atoms with Crippen LogP contribution in [0.1, 0.15) is 12.0 Å². The molecule has 2 rings (SSSR count). The maximum Gasteiger partial charge on any atom is 0.240 e. The van der Waals surface area contributed by atoms with E-state index in [1.807, 2.05) is 0 Å². The summed E-state index contributed by atoms with van der Waals surface area (Å²) in [5.41, 5.74) is 0.771. The molecular weight excluding hydrogens is 386 g/mol. The number of amides is 1. The van der Waals surface area contributed by atoms with Crippen LogP contribution in [0.4, 0.5) is 8.78 Å². The van der Waals surface area contributed by atoms with Crippen LogP contribution in [-0.2, 0) is 21.4 Å². The molecule has 0 radical (unpaired) electrons. The van der Waals surface area contributed by atoms with Gasteiger partial charge in [-0.3, -0.25) is 4.79 Å². The highest BCUT2D eigenvalue weighted by Crippen LogP contribution is 2.17. The standard InChI is InChI=1S/C17H17ClF2N2O3S/c1-22(11-12-4-2-3-5-14(12)18)17(23)8-9-21-26(24,25)13-6-7-15(19)16(20)10-13/h2-7,10,21H,8-9,11H2,1H3. The summed E-state index contributed by atoms with van der Waals surface area (Å²) >= 11 is 6.04. The maximum atomic E-state index is 13.2. The quantitative estimate of drug-likeness (QED) is 0.774. The van der Waals surface area contributed by atoms with Gasteiger partial charge in [0.1, 0.15) is 0 Å². The summed E-state index contributed by atoms with van der Waals surface area (Å²) in [6, 6.07) is 9.35. The van der Waals surface area contributed by atoms with Gasteiger partial charge in [0.25, 0.3) is 0 Å². The Balaban J connectivity index is 1.90. The summed E-state index contributed by atoms with van der Waals surface area (Å²) in [7, 11) is -2.46. The zero-order valence-corrected chi connectivity index (χ0v) is 15.4. The Bertz CT molecular complexity index is 907. The van der Waals surface area contributed by atoms with Crippen LogP contribution in [0.2, 0.25) is 5.02 Å². The molecule has 0 heterocycles. The zero-order valence-electron chi connectivity index (χ0n) is 13.9. The number of carbonyl (C=O) groups is 1. The molecule has 0 aliphatic carbocycles. The van der Waals surface area contributed by atoms with Crippen LogP contribution in [0.5, 0.6) is 0 Å². The summed E-state index contributed by atoms with van der Waals surface area (Å²) in [5.74, 6) is -2.69. The molecule has 0 aromatic heterocycles. The Hall–Kier alpha value is -2.03. The Morgan fingerprint density at radius 3 is 2.50 bits per heavy atom. The minimum absolute atomic E-state index is 0.0934. The number of hydrogen-bond acceptors (Lipinski definition) is 3. The van der Waals surface area contributed by atoms with Gasteiger partial charge >= 0.3 is 0 Å². The SMILES string of the molecule is CN(Cc1ccccc1Cl)C(=O)CCNS(=O)(=O)c1ccc(F)c(F)c1. The lowest BCUT2D eigenvalue weighted by atomic mass is 10.2. The monoisotopic (exact) mass is 402 g/mol. The number of carbonyl (C=O) groups excluding carboxylic acids is 1. The van der Waals surface area contributed by atoms with E-state index in [-0.39, 0.29) is 25.4 Å². The number of rotatable bonds is 7. The smallest absolute Gasteiger partial charge is 0.240 e. The van der Waals surface area contributed by atoms with Crippen molar-refractivity contribution in [3.8, 4) is 0 Å². The highest BCUT2D eigenvalue weighted by atomic mass is 35.5. The topological polar surface area (TPSA) is 66.5 Å². The number of halogens is 3. The molecule has 0 atom stereocenters. The molecule has 0 saturated heterocycles. The first kappa shape index (κ1) is 20.3. The lowest BCUT2D eigenvalue weighted by molar-refractivity contribution is -0.130. The summed E-state index contributed by atoms with van der Waals surface area (Å²) in [6.07, 6.45) is -0.0934. The normalized spacial score (nSPS) is 11.4. The second kappa shape index (κ2) is 8.57. The zero-order chi connectivity index (χ0) is 19.3. The van der Waals surface area contributed by atoms with Crippen molar-refractivity contribution in [3.05, 3.63) is 64.7 Å². The molecule has 0 spiro atoms. The number of nitrogens with zero attached hydrogens (tertiary/aromatic N) is 1. The molecule has 5 nitrogen and oxygen atoms in total. The van der Waals surface area contributed by atoms with Crippen molar-refractivity contribution in [2.24, 2.45) is 0 Å². The Kier molecular flexibility index (Phi) is 6.69. The maximum absolute atomic E-state index is 13.2. The van der Waals surface area contributed by atoms with Crippen LogP contribution in [0.3, 0.4) is 0 Å². The Labute approximate surface area is 155 Å². The van der Waals surface area contributed by atoms with Gasteiger partial charge in [0, 0.05) is 31.6 Å². The fourth-order valence-electron chi connectivity index (χ4n) is 2.18. The molecule has 1 amide bonds. The van der Waals surface area contributed by atoms with Crippen molar-refractivity contribution in [2.45, 2.75) is 17.9 Å². The molecule has 0 aliphatic heterocycles. The van der Waals surface area contributed by atoms with Crippen molar-refractivity contribution >= 4 is 27.5 Å². The third-order valence-electron chi connectivity index (χ3n) is 3.62. The molecule has 0 fully saturated rings. The second-order valence-corrected chi connectivity index (χ2v) is 7.74. The van der Waals surface area contributed by atoms with Crippen LogP contribution >= 0.6 is 11.6 Å². The number of nitrogens with one attached hydrogen (secondary N) is 1. The molecule has 0 aliphatic rings. The van der Waals surface area contributed by atoms with Crippen molar-refractivity contribution in [2.75, 3.05) is 13.6 Å². The van der Waals surface area contributed by atoms with E-state index in [1.54, 1.807) is 31.3 Å². The van der Waals surface area contributed by atoms with Gasteiger partial charge in [-0.2, -0.15) is 0 Å². The predicted octanol–water partition coefficient (Wildman–Crippen LogP) is 2.95.